The third-order valence-electron chi connectivity index (χ3n) is 5.47. The van der Waals surface area contributed by atoms with Crippen LogP contribution in [-0.2, 0) is 17.9 Å². The lowest BCUT2D eigenvalue weighted by Crippen LogP contribution is -2.27. The molecule has 1 aromatic carbocycles. The fourth-order valence-electron chi connectivity index (χ4n) is 4.01. The molecule has 5 nitrogen and oxygen atoms in total. The molecule has 1 aliphatic heterocycles. The number of fused-ring (bicyclic) bond motifs is 1. The van der Waals surface area contributed by atoms with Gasteiger partial charge in [-0.05, 0) is 37.8 Å². The van der Waals surface area contributed by atoms with Crippen molar-refractivity contribution in [2.24, 2.45) is 5.92 Å². The van der Waals surface area contributed by atoms with Crippen LogP contribution in [0.3, 0.4) is 0 Å². The van der Waals surface area contributed by atoms with Crippen LogP contribution in [0.4, 0.5) is 10.1 Å². The molecule has 0 saturated heterocycles. The van der Waals surface area contributed by atoms with E-state index in [9.17, 15) is 14.0 Å². The molecule has 4 rings (SSSR count). The maximum Gasteiger partial charge on any atom is 0.276 e. The zero-order valence-electron chi connectivity index (χ0n) is 14.7. The highest BCUT2D eigenvalue weighted by atomic mass is 35.5. The van der Waals surface area contributed by atoms with E-state index >= 15 is 0 Å². The van der Waals surface area contributed by atoms with Gasteiger partial charge < -0.3 is 5.32 Å². The van der Waals surface area contributed by atoms with E-state index < -0.39 is 5.82 Å². The van der Waals surface area contributed by atoms with Crippen molar-refractivity contribution in [3.63, 3.8) is 0 Å². The van der Waals surface area contributed by atoms with Gasteiger partial charge >= 0.3 is 0 Å². The lowest BCUT2D eigenvalue weighted by molar-refractivity contribution is -0.119. The van der Waals surface area contributed by atoms with E-state index in [1.54, 1.807) is 9.36 Å². The van der Waals surface area contributed by atoms with Crippen LogP contribution in [0, 0.1) is 11.7 Å². The molecule has 0 bridgehead atoms. The Morgan fingerprint density at radius 1 is 1.07 bits per heavy atom. The van der Waals surface area contributed by atoms with Crippen molar-refractivity contribution in [2.75, 3.05) is 5.32 Å². The van der Waals surface area contributed by atoms with Crippen LogP contribution in [0.5, 0.6) is 0 Å². The summed E-state index contributed by atoms with van der Waals surface area (Å²) in [5, 5.41) is 3.11. The van der Waals surface area contributed by atoms with Crippen LogP contribution >= 0.6 is 23.2 Å². The van der Waals surface area contributed by atoms with Crippen molar-refractivity contribution >= 4 is 34.8 Å². The number of aromatic nitrogens is 2. The summed E-state index contributed by atoms with van der Waals surface area (Å²) in [6.45, 7) is 1.17. The van der Waals surface area contributed by atoms with Gasteiger partial charge in [-0.3, -0.25) is 14.3 Å². The van der Waals surface area contributed by atoms with Crippen LogP contribution in [0.1, 0.15) is 38.5 Å². The van der Waals surface area contributed by atoms with Gasteiger partial charge in [0.1, 0.15) is 11.0 Å². The van der Waals surface area contributed by atoms with E-state index in [0.29, 0.717) is 18.8 Å². The van der Waals surface area contributed by atoms with Gasteiger partial charge in [-0.15, -0.1) is 0 Å². The minimum absolute atomic E-state index is 0.0504. The minimum Gasteiger partial charge on any atom is -0.325 e. The number of rotatable bonds is 3. The predicted octanol–water partition coefficient (Wildman–Crippen LogP) is 4.69. The van der Waals surface area contributed by atoms with Gasteiger partial charge in [0.25, 0.3) is 5.56 Å². The first-order valence-corrected chi connectivity index (χ1v) is 10.0. The largest absolute Gasteiger partial charge is 0.325 e. The van der Waals surface area contributed by atoms with Crippen LogP contribution in [-0.4, -0.2) is 15.3 Å². The molecule has 2 heterocycles. The molecule has 1 fully saturated rings. The Morgan fingerprint density at radius 2 is 1.74 bits per heavy atom. The van der Waals surface area contributed by atoms with Crippen molar-refractivity contribution in [2.45, 2.75) is 51.6 Å². The quantitative estimate of drug-likeness (QED) is 0.796. The number of nitrogens with zero attached hydrogens (tertiary/aromatic N) is 2. The SMILES string of the molecule is O=C(Nc1cc(-c2c(Cl)n3n(c2=O)CCCC3)c(F)cc1Cl)C1CCCC1. The summed E-state index contributed by atoms with van der Waals surface area (Å²) >= 11 is 12.6. The Bertz CT molecular complexity index is 961. The number of carbonyl (C=O) groups excluding carboxylic acids is 1. The van der Waals surface area contributed by atoms with Crippen molar-refractivity contribution in [3.05, 3.63) is 38.5 Å². The highest BCUT2D eigenvalue weighted by Gasteiger charge is 2.27. The Balaban J connectivity index is 1.75. The first-order chi connectivity index (χ1) is 13.0. The van der Waals surface area contributed by atoms with E-state index in [2.05, 4.69) is 5.32 Å². The molecular formula is C19H20Cl2FN3O2. The molecule has 1 amide bonds. The number of benzene rings is 1. The standard InChI is InChI=1S/C19H20Cl2FN3O2/c20-13-10-14(22)12(9-15(13)23-18(26)11-5-1-2-6-11)16-17(21)24-7-3-4-8-25(24)19(16)27/h9-11H,1-8H2,(H,23,26). The van der Waals surface area contributed by atoms with Gasteiger partial charge in [0.15, 0.2) is 0 Å². The molecule has 0 unspecified atom stereocenters. The zero-order chi connectivity index (χ0) is 19.1. The lowest BCUT2D eigenvalue weighted by Gasteiger charge is -2.17. The Hall–Kier alpha value is -1.79. The number of amides is 1. The third-order valence-corrected chi connectivity index (χ3v) is 6.17. The number of hydrogen-bond acceptors (Lipinski definition) is 2. The average Bonchev–Trinajstić information content (AvgIpc) is 3.27. The summed E-state index contributed by atoms with van der Waals surface area (Å²) < 4.78 is 17.9. The summed E-state index contributed by atoms with van der Waals surface area (Å²) in [7, 11) is 0. The second kappa shape index (κ2) is 7.32. The van der Waals surface area contributed by atoms with Crippen molar-refractivity contribution < 1.29 is 9.18 Å². The molecule has 8 heteroatoms. The monoisotopic (exact) mass is 411 g/mol. The second-order valence-electron chi connectivity index (χ2n) is 7.21. The van der Waals surface area contributed by atoms with Crippen LogP contribution in [0.2, 0.25) is 10.2 Å². The van der Waals surface area contributed by atoms with Crippen molar-refractivity contribution in [1.29, 1.82) is 0 Å². The zero-order valence-corrected chi connectivity index (χ0v) is 16.2. The molecule has 2 aliphatic rings. The molecule has 0 atom stereocenters. The molecule has 1 aliphatic carbocycles. The average molecular weight is 412 g/mol. The Morgan fingerprint density at radius 3 is 2.41 bits per heavy atom. The highest BCUT2D eigenvalue weighted by Crippen LogP contribution is 2.35. The Labute approximate surface area is 166 Å². The normalized spacial score (nSPS) is 17.1. The van der Waals surface area contributed by atoms with E-state index in [1.807, 2.05) is 0 Å². The molecule has 1 N–H and O–H groups in total. The van der Waals surface area contributed by atoms with E-state index in [0.717, 1.165) is 44.6 Å². The van der Waals surface area contributed by atoms with E-state index in [1.165, 1.54) is 6.07 Å². The van der Waals surface area contributed by atoms with Crippen molar-refractivity contribution in [3.8, 4) is 11.1 Å². The molecule has 27 heavy (non-hydrogen) atoms. The fraction of sp³-hybridized carbons (Fsp3) is 0.474. The molecule has 144 valence electrons. The maximum absolute atomic E-state index is 14.7. The molecule has 2 aromatic rings. The number of anilines is 1. The summed E-state index contributed by atoms with van der Waals surface area (Å²) in [6, 6.07) is 2.54. The van der Waals surface area contributed by atoms with E-state index in [-0.39, 0.29) is 38.7 Å². The van der Waals surface area contributed by atoms with Gasteiger partial charge in [-0.25, -0.2) is 9.07 Å². The second-order valence-corrected chi connectivity index (χ2v) is 7.97. The van der Waals surface area contributed by atoms with Crippen LogP contribution < -0.4 is 10.9 Å². The summed E-state index contributed by atoms with van der Waals surface area (Å²) in [6.07, 6.45) is 5.55. The highest BCUT2D eigenvalue weighted by molar-refractivity contribution is 6.34. The smallest absolute Gasteiger partial charge is 0.276 e. The fourth-order valence-corrected chi connectivity index (χ4v) is 4.57. The van der Waals surface area contributed by atoms with Crippen LogP contribution in [0.25, 0.3) is 11.1 Å². The van der Waals surface area contributed by atoms with Crippen LogP contribution in [0.15, 0.2) is 16.9 Å². The van der Waals surface area contributed by atoms with Crippen molar-refractivity contribution in [1.82, 2.24) is 9.36 Å². The van der Waals surface area contributed by atoms with Gasteiger partial charge in [0.2, 0.25) is 5.91 Å². The molecule has 0 radical (unpaired) electrons. The number of carbonyl (C=O) groups is 1. The molecule has 0 spiro atoms. The predicted molar refractivity (Wildman–Crippen MR) is 104 cm³/mol. The Kier molecular flexibility index (Phi) is 5.03. The summed E-state index contributed by atoms with van der Waals surface area (Å²) in [4.78, 5) is 25.2. The minimum atomic E-state index is -0.638. The topological polar surface area (TPSA) is 56.0 Å². The number of nitrogens with one attached hydrogen (secondary N) is 1. The third kappa shape index (κ3) is 3.29. The summed E-state index contributed by atoms with van der Waals surface area (Å²) in [5.41, 5.74) is 0.151. The number of halogens is 3. The van der Waals surface area contributed by atoms with Gasteiger partial charge in [0.05, 0.1) is 16.3 Å². The first-order valence-electron chi connectivity index (χ1n) is 9.26. The summed E-state index contributed by atoms with van der Waals surface area (Å²) in [5.74, 6) is -0.807. The van der Waals surface area contributed by atoms with Gasteiger partial charge in [-0.1, -0.05) is 36.0 Å². The molecule has 1 aromatic heterocycles. The number of hydrogen-bond donors (Lipinski definition) is 1. The van der Waals surface area contributed by atoms with Gasteiger partial charge in [0, 0.05) is 24.6 Å². The van der Waals surface area contributed by atoms with E-state index in [4.69, 9.17) is 23.2 Å². The maximum atomic E-state index is 14.7. The first kappa shape index (κ1) is 18.6. The lowest BCUT2D eigenvalue weighted by atomic mass is 10.1. The molecular weight excluding hydrogens is 392 g/mol. The molecule has 1 saturated carbocycles. The van der Waals surface area contributed by atoms with Gasteiger partial charge in [-0.2, -0.15) is 0 Å².